The maximum absolute atomic E-state index is 12.8. The van der Waals surface area contributed by atoms with Gasteiger partial charge < -0.3 is 35.3 Å². The fourth-order valence-electron chi connectivity index (χ4n) is 5.32. The molecule has 0 aromatic heterocycles. The highest BCUT2D eigenvalue weighted by Crippen LogP contribution is 2.13. The van der Waals surface area contributed by atoms with Crippen LogP contribution in [0.5, 0.6) is 0 Å². The molecule has 0 heterocycles. The van der Waals surface area contributed by atoms with Gasteiger partial charge in [0, 0.05) is 37.7 Å². The van der Waals surface area contributed by atoms with Crippen LogP contribution in [0, 0.1) is 0 Å². The first-order valence-electron chi connectivity index (χ1n) is 19.8. The van der Waals surface area contributed by atoms with Crippen molar-refractivity contribution < 1.29 is 28.5 Å². The molecule has 0 aliphatic carbocycles. The number of amides is 2. The molecule has 9 nitrogen and oxygen atoms in total. The van der Waals surface area contributed by atoms with Gasteiger partial charge in [0.2, 0.25) is 11.8 Å². The van der Waals surface area contributed by atoms with Crippen molar-refractivity contribution >= 4 is 23.6 Å². The van der Waals surface area contributed by atoms with Crippen molar-refractivity contribution in [3.63, 3.8) is 0 Å². The molecular formula is C38H77N3O6S. The Labute approximate surface area is 300 Å². The molecule has 0 spiro atoms. The number of hydrogen-bond acceptors (Lipinski definition) is 8. The first kappa shape index (κ1) is 47.1. The number of nitrogens with two attached hydrogens (primary N) is 1. The Morgan fingerprint density at radius 1 is 0.583 bits per heavy atom. The quantitative estimate of drug-likeness (QED) is 0.0561. The number of rotatable bonds is 39. The zero-order chi connectivity index (χ0) is 35.2. The largest absolute Gasteiger partial charge is 0.379 e. The summed E-state index contributed by atoms with van der Waals surface area (Å²) in [5.41, 5.74) is 6.16. The molecule has 0 rings (SSSR count). The van der Waals surface area contributed by atoms with Gasteiger partial charge in [-0.3, -0.25) is 9.59 Å². The van der Waals surface area contributed by atoms with E-state index in [2.05, 4.69) is 24.5 Å². The van der Waals surface area contributed by atoms with Gasteiger partial charge in [-0.25, -0.2) is 0 Å². The maximum atomic E-state index is 12.8. The van der Waals surface area contributed by atoms with Gasteiger partial charge in [-0.2, -0.15) is 11.8 Å². The van der Waals surface area contributed by atoms with E-state index in [4.69, 9.17) is 24.7 Å². The van der Waals surface area contributed by atoms with Crippen LogP contribution in [-0.4, -0.2) is 94.8 Å². The Kier molecular flexibility index (Phi) is 38.1. The third-order valence-electron chi connectivity index (χ3n) is 8.28. The van der Waals surface area contributed by atoms with E-state index in [-0.39, 0.29) is 17.9 Å². The summed E-state index contributed by atoms with van der Waals surface area (Å²) in [5.74, 6) is 1.04. The van der Waals surface area contributed by atoms with Crippen molar-refractivity contribution in [2.24, 2.45) is 5.73 Å². The van der Waals surface area contributed by atoms with Crippen LogP contribution in [0.1, 0.15) is 149 Å². The van der Waals surface area contributed by atoms with Gasteiger partial charge in [-0.15, -0.1) is 0 Å². The van der Waals surface area contributed by atoms with Gasteiger partial charge in [0.25, 0.3) is 0 Å². The molecule has 2 atom stereocenters. The number of nitrogens with one attached hydrogen (secondary N) is 2. The lowest BCUT2D eigenvalue weighted by Crippen LogP contribution is -2.44. The molecule has 0 fully saturated rings. The summed E-state index contributed by atoms with van der Waals surface area (Å²) in [5, 5.41) is 6.04. The molecule has 0 aromatic rings. The van der Waals surface area contributed by atoms with Crippen LogP contribution in [-0.2, 0) is 28.5 Å². The van der Waals surface area contributed by atoms with Gasteiger partial charge in [-0.05, 0) is 19.8 Å². The molecule has 0 aliphatic heterocycles. The van der Waals surface area contributed by atoms with Gasteiger partial charge in [0.05, 0.1) is 51.7 Å². The number of ether oxygens (including phenoxy) is 4. The lowest BCUT2D eigenvalue weighted by atomic mass is 10.1. The highest BCUT2D eigenvalue weighted by Gasteiger charge is 2.17. The monoisotopic (exact) mass is 704 g/mol. The predicted molar refractivity (Wildman–Crippen MR) is 203 cm³/mol. The number of thioether (sulfide) groups is 1. The third kappa shape index (κ3) is 34.9. The van der Waals surface area contributed by atoms with Crippen molar-refractivity contribution in [1.29, 1.82) is 0 Å². The summed E-state index contributed by atoms with van der Waals surface area (Å²) in [6.45, 7) is 11.3. The van der Waals surface area contributed by atoms with E-state index in [0.29, 0.717) is 70.7 Å². The summed E-state index contributed by atoms with van der Waals surface area (Å²) in [7, 11) is 0. The van der Waals surface area contributed by atoms with Crippen LogP contribution in [0.15, 0.2) is 0 Å². The lowest BCUT2D eigenvalue weighted by Gasteiger charge is -2.20. The predicted octanol–water partition coefficient (Wildman–Crippen LogP) is 7.58. The van der Waals surface area contributed by atoms with Crippen LogP contribution in [0.2, 0.25) is 0 Å². The average Bonchev–Trinajstić information content (AvgIpc) is 3.08. The molecule has 0 aromatic carbocycles. The third-order valence-corrected chi connectivity index (χ3v) is 9.51. The molecule has 0 saturated carbocycles. The first-order valence-corrected chi connectivity index (χ1v) is 20.9. The second-order valence-electron chi connectivity index (χ2n) is 13.0. The maximum Gasteiger partial charge on any atom is 0.237 e. The Balaban J connectivity index is 4.28. The van der Waals surface area contributed by atoms with Crippen molar-refractivity contribution in [3.05, 3.63) is 0 Å². The van der Waals surface area contributed by atoms with Crippen LogP contribution in [0.4, 0.5) is 0 Å². The summed E-state index contributed by atoms with van der Waals surface area (Å²) < 4.78 is 22.1. The molecule has 0 aliphatic rings. The minimum atomic E-state index is -0.622. The smallest absolute Gasteiger partial charge is 0.237 e. The van der Waals surface area contributed by atoms with Gasteiger partial charge in [0.15, 0.2) is 0 Å². The second-order valence-corrected chi connectivity index (χ2v) is 14.0. The topological polar surface area (TPSA) is 121 Å². The van der Waals surface area contributed by atoms with Crippen molar-refractivity contribution in [3.8, 4) is 0 Å². The summed E-state index contributed by atoms with van der Waals surface area (Å²) in [6, 6.07) is -0.716. The Bertz CT molecular complexity index is 691. The molecule has 0 bridgehead atoms. The van der Waals surface area contributed by atoms with Crippen molar-refractivity contribution in [2.75, 3.05) is 70.9 Å². The van der Waals surface area contributed by atoms with E-state index in [9.17, 15) is 9.59 Å². The molecule has 4 N–H and O–H groups in total. The van der Waals surface area contributed by atoms with E-state index in [0.717, 1.165) is 25.9 Å². The fourth-order valence-corrected chi connectivity index (χ4v) is 6.32. The molecule has 48 heavy (non-hydrogen) atoms. The van der Waals surface area contributed by atoms with Crippen molar-refractivity contribution in [1.82, 2.24) is 10.6 Å². The molecule has 2 amide bonds. The van der Waals surface area contributed by atoms with Gasteiger partial charge in [0.1, 0.15) is 0 Å². The summed E-state index contributed by atoms with van der Waals surface area (Å²) >= 11 is 1.59. The van der Waals surface area contributed by atoms with Gasteiger partial charge in [-0.1, -0.05) is 123 Å². The minimum Gasteiger partial charge on any atom is -0.379 e. The van der Waals surface area contributed by atoms with Gasteiger partial charge >= 0.3 is 0 Å². The highest BCUT2D eigenvalue weighted by atomic mass is 32.2. The van der Waals surface area contributed by atoms with E-state index in [1.165, 1.54) is 103 Å². The average molecular weight is 704 g/mol. The zero-order valence-electron chi connectivity index (χ0n) is 31.5. The van der Waals surface area contributed by atoms with Crippen molar-refractivity contribution in [2.45, 2.75) is 161 Å². The molecule has 0 saturated heterocycles. The highest BCUT2D eigenvalue weighted by molar-refractivity contribution is 7.99. The Morgan fingerprint density at radius 2 is 1.08 bits per heavy atom. The lowest BCUT2D eigenvalue weighted by molar-refractivity contribution is -0.123. The number of hydrogen-bond donors (Lipinski definition) is 3. The van der Waals surface area contributed by atoms with E-state index in [1.54, 1.807) is 11.8 Å². The fraction of sp³-hybridized carbons (Fsp3) is 0.947. The van der Waals surface area contributed by atoms with Crippen LogP contribution < -0.4 is 16.4 Å². The number of unbranched alkanes of at least 4 members (excludes halogenated alkanes) is 17. The summed E-state index contributed by atoms with van der Waals surface area (Å²) in [6.07, 6.45) is 24.6. The second kappa shape index (κ2) is 38.9. The number of carbonyl (C=O) groups excluding carboxylic acids is 2. The summed E-state index contributed by atoms with van der Waals surface area (Å²) in [4.78, 5) is 25.2. The molecule has 0 radical (unpaired) electrons. The first-order chi connectivity index (χ1) is 23.5. The van der Waals surface area contributed by atoms with Crippen LogP contribution in [0.3, 0.4) is 0 Å². The van der Waals surface area contributed by atoms with E-state index in [1.807, 2.05) is 6.92 Å². The molecule has 286 valence electrons. The Morgan fingerprint density at radius 3 is 1.65 bits per heavy atom. The molecule has 0 unspecified atom stereocenters. The van der Waals surface area contributed by atoms with Crippen LogP contribution in [0.25, 0.3) is 0 Å². The van der Waals surface area contributed by atoms with Crippen LogP contribution >= 0.6 is 11.8 Å². The standard InChI is InChI=1S/C38H77N3O6S/c1-4-7-9-11-13-15-17-19-21-23-26-47-32-35(41-37(42)24-22-20-18-16-14-12-10-8-5-2)33-48-34-36(39)38(43)40-25-27-45-30-31-46-29-28-44-6-3/h35-36H,4-34,39H2,1-3H3,(H,40,43)(H,41,42)/t35-,36+/m1/s1. The number of carbonyl (C=O) groups is 2. The SMILES string of the molecule is CCCCCCCCCCCCOC[C@H](CSC[C@H](N)C(=O)NCCOCCOCCOCC)NC(=O)CCCCCCCCCCC. The van der Waals surface area contributed by atoms with E-state index >= 15 is 0 Å². The zero-order valence-corrected chi connectivity index (χ0v) is 32.3. The normalized spacial score (nSPS) is 12.7. The van der Waals surface area contributed by atoms with E-state index < -0.39 is 6.04 Å². The minimum absolute atomic E-state index is 0.0906. The molecular weight excluding hydrogens is 626 g/mol. The Hall–Kier alpha value is -0.910. The molecule has 10 heteroatoms.